The Hall–Kier alpha value is -2.19. The Labute approximate surface area is 147 Å². The molecule has 1 aliphatic rings. The highest BCUT2D eigenvalue weighted by Gasteiger charge is 2.24. The van der Waals surface area contributed by atoms with Crippen LogP contribution in [0.2, 0.25) is 0 Å². The normalized spacial score (nSPS) is 14.4. The first-order valence-electron chi connectivity index (χ1n) is 8.38. The number of amides is 1. The van der Waals surface area contributed by atoms with Crippen molar-refractivity contribution in [3.8, 4) is 0 Å². The van der Waals surface area contributed by atoms with Gasteiger partial charge in [-0.1, -0.05) is 6.07 Å². The molecule has 0 saturated heterocycles. The zero-order valence-corrected chi connectivity index (χ0v) is 14.7. The van der Waals surface area contributed by atoms with Gasteiger partial charge in [0, 0.05) is 37.6 Å². The summed E-state index contributed by atoms with van der Waals surface area (Å²) in [7, 11) is -3.57. The third-order valence-corrected chi connectivity index (χ3v) is 5.52. The van der Waals surface area contributed by atoms with Crippen molar-refractivity contribution in [3.63, 3.8) is 0 Å². The Kier molecular flexibility index (Phi) is 5.50. The summed E-state index contributed by atoms with van der Waals surface area (Å²) in [4.78, 5) is 16.3. The summed E-state index contributed by atoms with van der Waals surface area (Å²) in [6.07, 6.45) is 8.22. The van der Waals surface area contributed by atoms with Crippen molar-refractivity contribution in [1.82, 2.24) is 19.6 Å². The molecule has 134 valence electrons. The zero-order valence-electron chi connectivity index (χ0n) is 13.9. The van der Waals surface area contributed by atoms with Gasteiger partial charge in [0.25, 0.3) is 5.91 Å². The van der Waals surface area contributed by atoms with Gasteiger partial charge >= 0.3 is 0 Å². The second-order valence-corrected chi connectivity index (χ2v) is 8.00. The number of aryl methyl sites for hydroxylation is 1. The van der Waals surface area contributed by atoms with Crippen molar-refractivity contribution in [3.05, 3.63) is 48.5 Å². The average molecular weight is 362 g/mol. The van der Waals surface area contributed by atoms with Gasteiger partial charge in [-0.2, -0.15) is 0 Å². The highest BCUT2D eigenvalue weighted by Crippen LogP contribution is 2.28. The molecule has 1 aromatic heterocycles. The van der Waals surface area contributed by atoms with Gasteiger partial charge in [-0.05, 0) is 43.4 Å². The Balaban J connectivity index is 1.53. The number of hydrogen-bond donors (Lipinski definition) is 2. The maximum atomic E-state index is 12.3. The molecular formula is C17H22N4O3S. The number of carbonyl (C=O) groups is 1. The van der Waals surface area contributed by atoms with Crippen molar-refractivity contribution in [2.24, 2.45) is 5.92 Å². The van der Waals surface area contributed by atoms with Crippen LogP contribution in [0.1, 0.15) is 29.6 Å². The summed E-state index contributed by atoms with van der Waals surface area (Å²) in [5.41, 5.74) is 0.344. The number of nitrogens with one attached hydrogen (secondary N) is 2. The first kappa shape index (κ1) is 17.6. The molecule has 2 N–H and O–H groups in total. The predicted octanol–water partition coefficient (Wildman–Crippen LogP) is 1.39. The van der Waals surface area contributed by atoms with Gasteiger partial charge < -0.3 is 9.88 Å². The Morgan fingerprint density at radius 1 is 1.32 bits per heavy atom. The molecule has 25 heavy (non-hydrogen) atoms. The quantitative estimate of drug-likeness (QED) is 0.659. The van der Waals surface area contributed by atoms with Crippen LogP contribution in [0.3, 0.4) is 0 Å². The van der Waals surface area contributed by atoms with Crippen LogP contribution >= 0.6 is 0 Å². The number of imidazole rings is 1. The van der Waals surface area contributed by atoms with E-state index in [1.807, 2.05) is 10.8 Å². The summed E-state index contributed by atoms with van der Waals surface area (Å²) < 4.78 is 29.1. The lowest BCUT2D eigenvalue weighted by molar-refractivity contribution is 0.0952. The Morgan fingerprint density at radius 2 is 2.16 bits per heavy atom. The smallest absolute Gasteiger partial charge is 0.251 e. The van der Waals surface area contributed by atoms with Gasteiger partial charge in [0.05, 0.1) is 11.2 Å². The van der Waals surface area contributed by atoms with Gasteiger partial charge in [0.15, 0.2) is 0 Å². The highest BCUT2D eigenvalue weighted by atomic mass is 32.2. The summed E-state index contributed by atoms with van der Waals surface area (Å²) in [6, 6.07) is 6.13. The average Bonchev–Trinajstić information content (AvgIpc) is 3.31. The first-order chi connectivity index (χ1) is 12.0. The first-order valence-corrected chi connectivity index (χ1v) is 9.86. The molecule has 7 nitrogen and oxygen atoms in total. The molecule has 3 rings (SSSR count). The maximum absolute atomic E-state index is 12.3. The van der Waals surface area contributed by atoms with Crippen LogP contribution in [-0.4, -0.2) is 37.0 Å². The molecule has 1 heterocycles. The SMILES string of the molecule is O=C(NCCCn1ccnc1)c1cccc(S(=O)(=O)NCC2CC2)c1. The topological polar surface area (TPSA) is 93.1 Å². The van der Waals surface area contributed by atoms with E-state index in [1.165, 1.54) is 12.1 Å². The largest absolute Gasteiger partial charge is 0.352 e. The van der Waals surface area contributed by atoms with Crippen LogP contribution < -0.4 is 10.0 Å². The van der Waals surface area contributed by atoms with Crippen LogP contribution in [0.5, 0.6) is 0 Å². The van der Waals surface area contributed by atoms with E-state index in [0.717, 1.165) is 25.8 Å². The zero-order chi connectivity index (χ0) is 17.7. The lowest BCUT2D eigenvalue weighted by Gasteiger charge is -2.09. The number of nitrogens with zero attached hydrogens (tertiary/aromatic N) is 2. The van der Waals surface area contributed by atoms with Gasteiger partial charge in [0.2, 0.25) is 10.0 Å². The van der Waals surface area contributed by atoms with Crippen molar-refractivity contribution in [2.75, 3.05) is 13.1 Å². The number of aromatic nitrogens is 2. The third-order valence-electron chi connectivity index (χ3n) is 4.10. The second kappa shape index (κ2) is 7.79. The molecule has 1 aliphatic carbocycles. The minimum atomic E-state index is -3.57. The monoisotopic (exact) mass is 362 g/mol. The van der Waals surface area contributed by atoms with Gasteiger partial charge in [-0.15, -0.1) is 0 Å². The van der Waals surface area contributed by atoms with E-state index in [2.05, 4.69) is 15.0 Å². The van der Waals surface area contributed by atoms with E-state index in [-0.39, 0.29) is 10.8 Å². The molecule has 0 unspecified atom stereocenters. The van der Waals surface area contributed by atoms with E-state index in [4.69, 9.17) is 0 Å². The second-order valence-electron chi connectivity index (χ2n) is 6.23. The van der Waals surface area contributed by atoms with Crippen LogP contribution in [0.15, 0.2) is 47.9 Å². The predicted molar refractivity (Wildman–Crippen MR) is 93.5 cm³/mol. The van der Waals surface area contributed by atoms with E-state index in [1.54, 1.807) is 24.7 Å². The van der Waals surface area contributed by atoms with E-state index in [9.17, 15) is 13.2 Å². The standard InChI is InChI=1S/C17H22N4O3S/c22-17(19-7-2-9-21-10-8-18-13-21)15-3-1-4-16(11-15)25(23,24)20-12-14-5-6-14/h1,3-4,8,10-11,13-14,20H,2,5-7,9,12H2,(H,19,22). The molecule has 0 bridgehead atoms. The van der Waals surface area contributed by atoms with E-state index < -0.39 is 10.0 Å². The third kappa shape index (κ3) is 5.14. The summed E-state index contributed by atoms with van der Waals surface area (Å²) >= 11 is 0. The van der Waals surface area contributed by atoms with Crippen LogP contribution in [0, 0.1) is 5.92 Å². The lowest BCUT2D eigenvalue weighted by atomic mass is 10.2. The number of sulfonamides is 1. The molecule has 0 radical (unpaired) electrons. The molecular weight excluding hydrogens is 340 g/mol. The minimum absolute atomic E-state index is 0.124. The summed E-state index contributed by atoms with van der Waals surface area (Å²) in [6.45, 7) is 1.74. The molecule has 0 aliphatic heterocycles. The van der Waals surface area contributed by atoms with Gasteiger partial charge in [-0.3, -0.25) is 4.79 Å². The Morgan fingerprint density at radius 3 is 2.88 bits per heavy atom. The van der Waals surface area contributed by atoms with Gasteiger partial charge in [0.1, 0.15) is 0 Å². The van der Waals surface area contributed by atoms with Crippen molar-refractivity contribution in [2.45, 2.75) is 30.7 Å². The molecule has 0 spiro atoms. The molecule has 1 saturated carbocycles. The molecule has 1 aromatic carbocycles. The Bertz CT molecular complexity index is 814. The molecule has 1 amide bonds. The van der Waals surface area contributed by atoms with E-state index in [0.29, 0.717) is 24.6 Å². The van der Waals surface area contributed by atoms with Crippen molar-refractivity contribution in [1.29, 1.82) is 0 Å². The maximum Gasteiger partial charge on any atom is 0.251 e. The fourth-order valence-electron chi connectivity index (χ4n) is 2.42. The van der Waals surface area contributed by atoms with Gasteiger partial charge in [-0.25, -0.2) is 18.1 Å². The van der Waals surface area contributed by atoms with Crippen molar-refractivity contribution < 1.29 is 13.2 Å². The number of rotatable bonds is 9. The number of benzene rings is 1. The molecule has 0 atom stereocenters. The number of carbonyl (C=O) groups excluding carboxylic acids is 1. The van der Waals surface area contributed by atoms with Crippen molar-refractivity contribution >= 4 is 15.9 Å². The molecule has 1 fully saturated rings. The van der Waals surface area contributed by atoms with Crippen LogP contribution in [0.25, 0.3) is 0 Å². The molecule has 2 aromatic rings. The molecule has 8 heteroatoms. The van der Waals surface area contributed by atoms with Crippen LogP contribution in [0.4, 0.5) is 0 Å². The summed E-state index contributed by atoms with van der Waals surface area (Å²) in [5, 5.41) is 2.81. The fourth-order valence-corrected chi connectivity index (χ4v) is 3.58. The highest BCUT2D eigenvalue weighted by molar-refractivity contribution is 7.89. The fraction of sp³-hybridized carbons (Fsp3) is 0.412. The number of hydrogen-bond acceptors (Lipinski definition) is 4. The summed E-state index contributed by atoms with van der Waals surface area (Å²) in [5.74, 6) is 0.182. The lowest BCUT2D eigenvalue weighted by Crippen LogP contribution is -2.27. The van der Waals surface area contributed by atoms with E-state index >= 15 is 0 Å². The van der Waals surface area contributed by atoms with Crippen LogP contribution in [-0.2, 0) is 16.6 Å². The minimum Gasteiger partial charge on any atom is -0.352 e.